The Hall–Kier alpha value is -1.78. The van der Waals surface area contributed by atoms with Gasteiger partial charge in [-0.1, -0.05) is 31.2 Å². The summed E-state index contributed by atoms with van der Waals surface area (Å²) in [6.07, 6.45) is 0.971. The molecule has 2 rings (SSSR count). The third-order valence-corrected chi connectivity index (χ3v) is 4.25. The zero-order valence-corrected chi connectivity index (χ0v) is 13.7. The normalized spacial score (nSPS) is 12.8. The first-order valence-electron chi connectivity index (χ1n) is 8.03. The third-order valence-electron chi connectivity index (χ3n) is 4.25. The Balaban J connectivity index is 2.48. The fourth-order valence-corrected chi connectivity index (χ4v) is 2.85. The van der Waals surface area contributed by atoms with E-state index in [9.17, 15) is 8.78 Å². The minimum absolute atomic E-state index is 0.0744. The second-order valence-electron chi connectivity index (χ2n) is 5.79. The summed E-state index contributed by atoms with van der Waals surface area (Å²) < 4.78 is 26.6. The van der Waals surface area contributed by atoms with Crippen molar-refractivity contribution < 1.29 is 8.78 Å². The van der Waals surface area contributed by atoms with E-state index in [4.69, 9.17) is 5.73 Å². The Morgan fingerprint density at radius 1 is 0.913 bits per heavy atom. The summed E-state index contributed by atoms with van der Waals surface area (Å²) in [5, 5.41) is 0. The van der Waals surface area contributed by atoms with Gasteiger partial charge in [0.2, 0.25) is 0 Å². The van der Waals surface area contributed by atoms with Crippen LogP contribution in [0.5, 0.6) is 0 Å². The van der Waals surface area contributed by atoms with Crippen molar-refractivity contribution in [2.24, 2.45) is 5.73 Å². The van der Waals surface area contributed by atoms with E-state index in [0.717, 1.165) is 17.5 Å². The van der Waals surface area contributed by atoms with Crippen LogP contribution in [0.25, 0.3) is 0 Å². The molecule has 0 fully saturated rings. The third kappa shape index (κ3) is 4.36. The lowest BCUT2D eigenvalue weighted by molar-refractivity contribution is 0.167. The van der Waals surface area contributed by atoms with Gasteiger partial charge < -0.3 is 5.73 Å². The van der Waals surface area contributed by atoms with Crippen LogP contribution in [0, 0.1) is 11.6 Å². The summed E-state index contributed by atoms with van der Waals surface area (Å²) >= 11 is 0. The monoisotopic (exact) mass is 318 g/mol. The summed E-state index contributed by atoms with van der Waals surface area (Å²) in [5.74, 6) is -0.527. The zero-order valence-electron chi connectivity index (χ0n) is 13.7. The second kappa shape index (κ2) is 8.18. The first kappa shape index (κ1) is 17.6. The van der Waals surface area contributed by atoms with E-state index in [-0.39, 0.29) is 17.7 Å². The van der Waals surface area contributed by atoms with Crippen molar-refractivity contribution in [1.82, 2.24) is 4.90 Å². The van der Waals surface area contributed by atoms with Gasteiger partial charge in [0.05, 0.1) is 6.04 Å². The lowest BCUT2D eigenvalue weighted by Crippen LogP contribution is -2.40. The molecule has 2 N–H and O–H groups in total. The lowest BCUT2D eigenvalue weighted by Gasteiger charge is -2.36. The summed E-state index contributed by atoms with van der Waals surface area (Å²) in [4.78, 5) is 2.29. The highest BCUT2D eigenvalue weighted by Gasteiger charge is 2.25. The van der Waals surface area contributed by atoms with Gasteiger partial charge >= 0.3 is 0 Å². The Kier molecular flexibility index (Phi) is 6.25. The van der Waals surface area contributed by atoms with Gasteiger partial charge in [-0.3, -0.25) is 4.90 Å². The van der Waals surface area contributed by atoms with E-state index in [2.05, 4.69) is 18.7 Å². The van der Waals surface area contributed by atoms with Gasteiger partial charge in [0.1, 0.15) is 11.6 Å². The van der Waals surface area contributed by atoms with E-state index >= 15 is 0 Å². The van der Waals surface area contributed by atoms with Crippen LogP contribution in [0.3, 0.4) is 0 Å². The first-order valence-corrected chi connectivity index (χ1v) is 8.03. The van der Waals surface area contributed by atoms with Crippen LogP contribution in [0.4, 0.5) is 8.78 Å². The highest BCUT2D eigenvalue weighted by atomic mass is 19.1. The molecule has 0 spiro atoms. The predicted octanol–water partition coefficient (Wildman–Crippen LogP) is 4.11. The quantitative estimate of drug-likeness (QED) is 0.832. The number of rotatable bonds is 7. The molecule has 2 nitrogen and oxygen atoms in total. The van der Waals surface area contributed by atoms with Crippen molar-refractivity contribution in [3.63, 3.8) is 0 Å². The minimum atomic E-state index is -0.263. The van der Waals surface area contributed by atoms with Crippen LogP contribution < -0.4 is 5.73 Å². The van der Waals surface area contributed by atoms with Crippen LogP contribution in [0.2, 0.25) is 0 Å². The van der Waals surface area contributed by atoms with E-state index in [1.54, 1.807) is 24.3 Å². The fourth-order valence-electron chi connectivity index (χ4n) is 2.85. The summed E-state index contributed by atoms with van der Waals surface area (Å²) in [5.41, 5.74) is 7.76. The number of hydrogen-bond donors (Lipinski definition) is 1. The standard InChI is InChI=1S/C19H24F2N2/c1-3-14(2)23(13-12-22)19(15-4-8-17(20)9-5-15)16-6-10-18(21)11-7-16/h4-11,14,19H,3,12-13,22H2,1-2H3. The molecule has 23 heavy (non-hydrogen) atoms. The highest BCUT2D eigenvalue weighted by molar-refractivity contribution is 5.32. The molecule has 0 heterocycles. The van der Waals surface area contributed by atoms with Gasteiger partial charge in [-0.25, -0.2) is 8.78 Å². The summed E-state index contributed by atoms with van der Waals surface area (Å²) in [6.45, 7) is 5.52. The maximum Gasteiger partial charge on any atom is 0.123 e. The molecule has 0 radical (unpaired) electrons. The van der Waals surface area contributed by atoms with Crippen molar-refractivity contribution in [3.8, 4) is 0 Å². The van der Waals surface area contributed by atoms with Gasteiger partial charge in [-0.15, -0.1) is 0 Å². The number of halogens is 2. The molecule has 0 saturated carbocycles. The van der Waals surface area contributed by atoms with Gasteiger partial charge in [0.25, 0.3) is 0 Å². The van der Waals surface area contributed by atoms with E-state index in [1.807, 2.05) is 0 Å². The molecule has 1 unspecified atom stereocenters. The van der Waals surface area contributed by atoms with Gasteiger partial charge in [-0.2, -0.15) is 0 Å². The van der Waals surface area contributed by atoms with E-state index < -0.39 is 0 Å². The molecule has 0 bridgehead atoms. The molecule has 0 amide bonds. The van der Waals surface area contributed by atoms with E-state index in [1.165, 1.54) is 24.3 Å². The molecule has 2 aromatic rings. The maximum atomic E-state index is 13.3. The molecule has 0 aliphatic carbocycles. The zero-order chi connectivity index (χ0) is 16.8. The second-order valence-corrected chi connectivity index (χ2v) is 5.79. The lowest BCUT2D eigenvalue weighted by atomic mass is 9.95. The molecule has 0 saturated heterocycles. The van der Waals surface area contributed by atoms with Crippen molar-refractivity contribution >= 4 is 0 Å². The smallest absolute Gasteiger partial charge is 0.123 e. The molecular weight excluding hydrogens is 294 g/mol. The first-order chi connectivity index (χ1) is 11.1. The van der Waals surface area contributed by atoms with Crippen molar-refractivity contribution in [1.29, 1.82) is 0 Å². The Morgan fingerprint density at radius 3 is 1.70 bits per heavy atom. The minimum Gasteiger partial charge on any atom is -0.329 e. The largest absolute Gasteiger partial charge is 0.329 e. The summed E-state index contributed by atoms with van der Waals surface area (Å²) in [7, 11) is 0. The fraction of sp³-hybridized carbons (Fsp3) is 0.368. The molecule has 0 aromatic heterocycles. The van der Waals surface area contributed by atoms with Gasteiger partial charge in [-0.05, 0) is 48.7 Å². The van der Waals surface area contributed by atoms with Crippen molar-refractivity contribution in [2.45, 2.75) is 32.4 Å². The molecule has 1 atom stereocenters. The number of benzene rings is 2. The molecule has 0 aliphatic heterocycles. The topological polar surface area (TPSA) is 29.3 Å². The van der Waals surface area contributed by atoms with Crippen LogP contribution in [-0.2, 0) is 0 Å². The summed E-state index contributed by atoms with van der Waals surface area (Å²) in [6, 6.07) is 13.2. The van der Waals surface area contributed by atoms with Crippen LogP contribution in [0.1, 0.15) is 37.4 Å². The predicted molar refractivity (Wildman–Crippen MR) is 90.2 cm³/mol. The SMILES string of the molecule is CCC(C)N(CCN)C(c1ccc(F)cc1)c1ccc(F)cc1. The molecule has 0 aliphatic rings. The molecule has 4 heteroatoms. The number of nitrogens with two attached hydrogens (primary N) is 1. The van der Waals surface area contributed by atoms with Gasteiger partial charge in [0.15, 0.2) is 0 Å². The van der Waals surface area contributed by atoms with Gasteiger partial charge in [0, 0.05) is 19.1 Å². The Bertz CT molecular complexity index is 550. The van der Waals surface area contributed by atoms with Crippen molar-refractivity contribution in [3.05, 3.63) is 71.3 Å². The number of nitrogens with zero attached hydrogens (tertiary/aromatic N) is 1. The van der Waals surface area contributed by atoms with Crippen molar-refractivity contribution in [2.75, 3.05) is 13.1 Å². The highest BCUT2D eigenvalue weighted by Crippen LogP contribution is 2.31. The Morgan fingerprint density at radius 2 is 1.35 bits per heavy atom. The average molecular weight is 318 g/mol. The molecule has 2 aromatic carbocycles. The average Bonchev–Trinajstić information content (AvgIpc) is 2.57. The van der Waals surface area contributed by atoms with Crippen LogP contribution in [0.15, 0.2) is 48.5 Å². The molecular formula is C19H24F2N2. The Labute approximate surface area is 136 Å². The maximum absolute atomic E-state index is 13.3. The molecule has 124 valence electrons. The van der Waals surface area contributed by atoms with Crippen LogP contribution in [-0.4, -0.2) is 24.0 Å². The number of hydrogen-bond acceptors (Lipinski definition) is 2. The van der Waals surface area contributed by atoms with Crippen LogP contribution >= 0.6 is 0 Å². The van der Waals surface area contributed by atoms with E-state index in [0.29, 0.717) is 19.1 Å².